The smallest absolute Gasteiger partial charge is 0.323 e. The Labute approximate surface area is 150 Å². The van der Waals surface area contributed by atoms with Crippen molar-refractivity contribution in [2.75, 3.05) is 13.8 Å². The van der Waals surface area contributed by atoms with Crippen molar-refractivity contribution in [3.8, 4) is 0 Å². The fourth-order valence-corrected chi connectivity index (χ4v) is 3.60. The van der Waals surface area contributed by atoms with Crippen LogP contribution >= 0.6 is 0 Å². The summed E-state index contributed by atoms with van der Waals surface area (Å²) in [5.74, 6) is 0.573. The molecule has 0 saturated carbocycles. The van der Waals surface area contributed by atoms with E-state index in [9.17, 15) is 9.18 Å². The van der Waals surface area contributed by atoms with Gasteiger partial charge in [-0.05, 0) is 42.3 Å². The van der Waals surface area contributed by atoms with Gasteiger partial charge in [0.15, 0.2) is 6.73 Å². The molecule has 0 spiro atoms. The van der Waals surface area contributed by atoms with E-state index >= 15 is 0 Å². The van der Waals surface area contributed by atoms with Crippen LogP contribution in [0.15, 0.2) is 47.0 Å². The van der Waals surface area contributed by atoms with Crippen molar-refractivity contribution < 1.29 is 9.13 Å². The third-order valence-corrected chi connectivity index (χ3v) is 4.96. The second-order valence-corrected chi connectivity index (χ2v) is 6.72. The van der Waals surface area contributed by atoms with E-state index in [2.05, 4.69) is 16.0 Å². The summed E-state index contributed by atoms with van der Waals surface area (Å²) < 4.78 is 18.9. The summed E-state index contributed by atoms with van der Waals surface area (Å²) >= 11 is 0. The Bertz CT molecular complexity index is 1060. The molecule has 2 aromatic carbocycles. The van der Waals surface area contributed by atoms with E-state index < -0.39 is 0 Å². The Morgan fingerprint density at radius 2 is 1.92 bits per heavy atom. The molecular weight excluding hydrogens is 333 g/mol. The van der Waals surface area contributed by atoms with Crippen molar-refractivity contribution >= 4 is 16.7 Å². The Balaban J connectivity index is 1.91. The number of hydrogen-bond acceptors (Lipinski definition) is 3. The molecule has 1 unspecified atom stereocenters. The Kier molecular flexibility index (Phi) is 3.83. The second-order valence-electron chi connectivity index (χ2n) is 6.72. The van der Waals surface area contributed by atoms with Gasteiger partial charge in [0.25, 0.3) is 0 Å². The number of ether oxygens (including phenoxy) is 1. The van der Waals surface area contributed by atoms with Crippen LogP contribution in [-0.4, -0.2) is 28.6 Å². The molecule has 3 aromatic rings. The molecular formula is C20H20FN3O2. The molecule has 0 radical (unpaired) electrons. The van der Waals surface area contributed by atoms with Gasteiger partial charge in [-0.2, -0.15) is 0 Å². The van der Waals surface area contributed by atoms with Gasteiger partial charge in [0.1, 0.15) is 11.6 Å². The number of allylic oxidation sites excluding steroid dienone is 1. The molecule has 6 heteroatoms. The summed E-state index contributed by atoms with van der Waals surface area (Å²) in [6, 6.07) is 10.5. The summed E-state index contributed by atoms with van der Waals surface area (Å²) in [6.45, 7) is 4.49. The maximum absolute atomic E-state index is 13.3. The van der Waals surface area contributed by atoms with Gasteiger partial charge >= 0.3 is 5.69 Å². The standard InChI is InChI=1S/C20H20FN3O2/c1-11(13-4-6-15(21)7-5-13)16-8-14(19-12(2)26-10-24(19)3)9-17-18(16)23-20(25)22-17/h4-9,11H,10H2,1-3H3,(H2,22,23,25). The molecule has 4 rings (SSSR count). The molecule has 134 valence electrons. The van der Waals surface area contributed by atoms with E-state index in [0.29, 0.717) is 6.73 Å². The quantitative estimate of drug-likeness (QED) is 0.754. The predicted molar refractivity (Wildman–Crippen MR) is 99.1 cm³/mol. The highest BCUT2D eigenvalue weighted by atomic mass is 19.1. The minimum absolute atomic E-state index is 0.0157. The van der Waals surface area contributed by atoms with E-state index in [4.69, 9.17) is 4.74 Å². The summed E-state index contributed by atoms with van der Waals surface area (Å²) in [7, 11) is 1.97. The van der Waals surface area contributed by atoms with E-state index in [1.807, 2.05) is 31.9 Å². The normalized spacial score (nSPS) is 15.6. The van der Waals surface area contributed by atoms with Crippen LogP contribution in [0.2, 0.25) is 0 Å². The van der Waals surface area contributed by atoms with Crippen LogP contribution < -0.4 is 5.69 Å². The van der Waals surface area contributed by atoms with Crippen molar-refractivity contribution in [3.05, 3.63) is 75.1 Å². The number of nitrogens with one attached hydrogen (secondary N) is 2. The lowest BCUT2D eigenvalue weighted by Crippen LogP contribution is -2.13. The summed E-state index contributed by atoms with van der Waals surface area (Å²) in [6.07, 6.45) is 0. The third-order valence-electron chi connectivity index (χ3n) is 4.96. The van der Waals surface area contributed by atoms with Crippen LogP contribution in [0.4, 0.5) is 4.39 Å². The zero-order chi connectivity index (χ0) is 18.4. The zero-order valence-corrected chi connectivity index (χ0v) is 14.9. The lowest BCUT2D eigenvalue weighted by Gasteiger charge is -2.18. The Morgan fingerprint density at radius 1 is 1.19 bits per heavy atom. The van der Waals surface area contributed by atoms with Gasteiger partial charge in [-0.25, -0.2) is 9.18 Å². The first kappa shape index (κ1) is 16.4. The number of halogens is 1. The van der Waals surface area contributed by atoms with E-state index in [0.717, 1.165) is 39.2 Å². The van der Waals surface area contributed by atoms with Gasteiger partial charge in [-0.3, -0.25) is 0 Å². The van der Waals surface area contributed by atoms with Crippen LogP contribution in [-0.2, 0) is 4.74 Å². The topological polar surface area (TPSA) is 61.1 Å². The van der Waals surface area contributed by atoms with Crippen molar-refractivity contribution in [2.24, 2.45) is 0 Å². The van der Waals surface area contributed by atoms with E-state index in [1.54, 1.807) is 12.1 Å². The minimum Gasteiger partial charge on any atom is -0.476 e. The molecule has 0 bridgehead atoms. The van der Waals surface area contributed by atoms with Gasteiger partial charge in [0.05, 0.1) is 16.7 Å². The van der Waals surface area contributed by atoms with Crippen molar-refractivity contribution in [1.82, 2.24) is 14.9 Å². The SMILES string of the molecule is CC1=C(c2cc(C(C)c3ccc(F)cc3)c3[nH]c(=O)[nH]c3c2)N(C)CO1. The first-order chi connectivity index (χ1) is 12.4. The molecule has 1 aliphatic rings. The van der Waals surface area contributed by atoms with Gasteiger partial charge in [-0.1, -0.05) is 19.1 Å². The van der Waals surface area contributed by atoms with E-state index in [-0.39, 0.29) is 17.4 Å². The molecule has 1 aliphatic heterocycles. The largest absolute Gasteiger partial charge is 0.476 e. The van der Waals surface area contributed by atoms with Crippen molar-refractivity contribution in [3.63, 3.8) is 0 Å². The number of imidazole rings is 1. The number of H-pyrrole nitrogens is 2. The molecule has 0 aliphatic carbocycles. The number of rotatable bonds is 3. The molecule has 1 atom stereocenters. The van der Waals surface area contributed by atoms with Crippen LogP contribution in [0.3, 0.4) is 0 Å². The number of fused-ring (bicyclic) bond motifs is 1. The zero-order valence-electron chi connectivity index (χ0n) is 14.9. The molecule has 5 nitrogen and oxygen atoms in total. The van der Waals surface area contributed by atoms with Crippen LogP contribution in [0, 0.1) is 5.82 Å². The van der Waals surface area contributed by atoms with E-state index in [1.165, 1.54) is 12.1 Å². The maximum Gasteiger partial charge on any atom is 0.323 e. The summed E-state index contributed by atoms with van der Waals surface area (Å²) in [5.41, 5.74) is 5.21. The summed E-state index contributed by atoms with van der Waals surface area (Å²) in [4.78, 5) is 19.7. The highest BCUT2D eigenvalue weighted by Crippen LogP contribution is 2.35. The van der Waals surface area contributed by atoms with Crippen LogP contribution in [0.25, 0.3) is 16.7 Å². The second kappa shape index (κ2) is 6.05. The number of aromatic nitrogens is 2. The first-order valence-corrected chi connectivity index (χ1v) is 8.50. The highest BCUT2D eigenvalue weighted by molar-refractivity contribution is 5.84. The number of aromatic amines is 2. The third kappa shape index (κ3) is 2.67. The molecule has 0 saturated heterocycles. The number of benzene rings is 2. The van der Waals surface area contributed by atoms with Crippen LogP contribution in [0.1, 0.15) is 36.5 Å². The molecule has 0 fully saturated rings. The van der Waals surface area contributed by atoms with Crippen LogP contribution in [0.5, 0.6) is 0 Å². The lowest BCUT2D eigenvalue weighted by molar-refractivity contribution is 0.172. The van der Waals surface area contributed by atoms with Crippen molar-refractivity contribution in [2.45, 2.75) is 19.8 Å². The predicted octanol–water partition coefficient (Wildman–Crippen LogP) is 3.76. The molecule has 2 heterocycles. The minimum atomic E-state index is -0.264. The van der Waals surface area contributed by atoms with Gasteiger partial charge < -0.3 is 19.6 Å². The Hall–Kier alpha value is -3.02. The van der Waals surface area contributed by atoms with Crippen molar-refractivity contribution in [1.29, 1.82) is 0 Å². The maximum atomic E-state index is 13.3. The van der Waals surface area contributed by atoms with Gasteiger partial charge in [-0.15, -0.1) is 0 Å². The average Bonchev–Trinajstić information content (AvgIpc) is 3.15. The van der Waals surface area contributed by atoms with Gasteiger partial charge in [0, 0.05) is 18.5 Å². The average molecular weight is 353 g/mol. The fraction of sp³-hybridized carbons (Fsp3) is 0.250. The molecule has 2 N–H and O–H groups in total. The monoisotopic (exact) mass is 353 g/mol. The summed E-state index contributed by atoms with van der Waals surface area (Å²) in [5, 5.41) is 0. The van der Waals surface area contributed by atoms with Gasteiger partial charge in [0.2, 0.25) is 0 Å². The number of nitrogens with zero attached hydrogens (tertiary/aromatic N) is 1. The highest BCUT2D eigenvalue weighted by Gasteiger charge is 2.23. The molecule has 26 heavy (non-hydrogen) atoms. The lowest BCUT2D eigenvalue weighted by atomic mass is 9.90. The number of hydrogen-bond donors (Lipinski definition) is 2. The molecule has 0 amide bonds. The Morgan fingerprint density at radius 3 is 2.58 bits per heavy atom. The first-order valence-electron chi connectivity index (χ1n) is 8.50. The fourth-order valence-electron chi connectivity index (χ4n) is 3.60. The molecule has 1 aromatic heterocycles.